The normalized spacial score (nSPS) is 14.6. The summed E-state index contributed by atoms with van der Waals surface area (Å²) in [7, 11) is -1.90. The molecule has 0 aromatic rings. The Morgan fingerprint density at radius 1 is 1.44 bits per heavy atom. The Balaban J connectivity index is 4.68. The number of aliphatic hydroxyl groups excluding tert-OH is 1. The van der Waals surface area contributed by atoms with Gasteiger partial charge in [0.25, 0.3) is 0 Å². The quantitative estimate of drug-likeness (QED) is 0.748. The van der Waals surface area contributed by atoms with Gasteiger partial charge in [-0.05, 0) is 27.2 Å². The smallest absolute Gasteiger partial charge is 0.243 e. The van der Waals surface area contributed by atoms with Gasteiger partial charge in [-0.25, -0.2) is 8.42 Å². The SMILES string of the molecule is CC(O)CCN(C)C(=O)C(C)(C)S(C)(=O)=O. The van der Waals surface area contributed by atoms with Crippen LogP contribution >= 0.6 is 0 Å². The molecule has 0 fully saturated rings. The third-order valence-corrected chi connectivity index (χ3v) is 4.70. The van der Waals surface area contributed by atoms with E-state index >= 15 is 0 Å². The fraction of sp³-hybridized carbons (Fsp3) is 0.900. The van der Waals surface area contributed by atoms with Crippen LogP contribution in [0.4, 0.5) is 0 Å². The zero-order valence-electron chi connectivity index (χ0n) is 10.5. The molecule has 0 aromatic carbocycles. The largest absolute Gasteiger partial charge is 0.393 e. The number of aliphatic hydroxyl groups is 1. The number of sulfone groups is 1. The van der Waals surface area contributed by atoms with Crippen molar-refractivity contribution in [1.29, 1.82) is 0 Å². The van der Waals surface area contributed by atoms with Crippen LogP contribution in [0.1, 0.15) is 27.2 Å². The third-order valence-electron chi connectivity index (χ3n) is 2.67. The van der Waals surface area contributed by atoms with Gasteiger partial charge in [-0.2, -0.15) is 0 Å². The zero-order chi connectivity index (χ0) is 13.1. The molecule has 0 saturated carbocycles. The zero-order valence-corrected chi connectivity index (χ0v) is 11.3. The molecule has 0 saturated heterocycles. The summed E-state index contributed by atoms with van der Waals surface area (Å²) in [5.74, 6) is -0.448. The Bertz CT molecular complexity index is 346. The van der Waals surface area contributed by atoms with Crippen LogP contribution in [0.15, 0.2) is 0 Å². The molecule has 1 amide bonds. The van der Waals surface area contributed by atoms with Crippen molar-refractivity contribution in [2.75, 3.05) is 19.8 Å². The van der Waals surface area contributed by atoms with Crippen molar-refractivity contribution < 1.29 is 18.3 Å². The first-order valence-electron chi connectivity index (χ1n) is 5.13. The minimum absolute atomic E-state index is 0.343. The highest BCUT2D eigenvalue weighted by Gasteiger charge is 2.40. The van der Waals surface area contributed by atoms with Crippen molar-refractivity contribution in [3.05, 3.63) is 0 Å². The lowest BCUT2D eigenvalue weighted by Crippen LogP contribution is -2.48. The number of hydrogen-bond donors (Lipinski definition) is 1. The van der Waals surface area contributed by atoms with E-state index in [2.05, 4.69) is 0 Å². The second kappa shape index (κ2) is 5.14. The molecule has 1 unspecified atom stereocenters. The number of carbonyl (C=O) groups is 1. The molecule has 0 aliphatic heterocycles. The van der Waals surface area contributed by atoms with E-state index in [9.17, 15) is 13.2 Å². The molecule has 0 aliphatic rings. The molecule has 1 N–H and O–H groups in total. The highest BCUT2D eigenvalue weighted by atomic mass is 32.2. The van der Waals surface area contributed by atoms with Crippen LogP contribution < -0.4 is 0 Å². The van der Waals surface area contributed by atoms with Crippen molar-refractivity contribution in [2.24, 2.45) is 0 Å². The van der Waals surface area contributed by atoms with Crippen molar-refractivity contribution >= 4 is 15.7 Å². The second-order valence-electron chi connectivity index (χ2n) is 4.65. The molecular weight excluding hydrogens is 230 g/mol. The molecular formula is C10H21NO4S. The number of hydrogen-bond acceptors (Lipinski definition) is 4. The van der Waals surface area contributed by atoms with Crippen LogP contribution in [0.2, 0.25) is 0 Å². The minimum Gasteiger partial charge on any atom is -0.393 e. The van der Waals surface area contributed by atoms with Crippen LogP contribution in [-0.4, -0.2) is 55.0 Å². The average Bonchev–Trinajstić information content (AvgIpc) is 2.10. The predicted molar refractivity (Wildman–Crippen MR) is 62.9 cm³/mol. The highest BCUT2D eigenvalue weighted by Crippen LogP contribution is 2.18. The molecule has 96 valence electrons. The van der Waals surface area contributed by atoms with Crippen LogP contribution in [0.5, 0.6) is 0 Å². The fourth-order valence-corrected chi connectivity index (χ4v) is 1.57. The van der Waals surface area contributed by atoms with Crippen LogP contribution in [0, 0.1) is 0 Å². The lowest BCUT2D eigenvalue weighted by Gasteiger charge is -2.28. The summed E-state index contributed by atoms with van der Waals surface area (Å²) in [6, 6.07) is 0. The molecule has 0 aliphatic carbocycles. The Morgan fingerprint density at radius 3 is 2.19 bits per heavy atom. The van der Waals surface area contributed by atoms with Gasteiger partial charge in [0.1, 0.15) is 4.75 Å². The average molecular weight is 251 g/mol. The minimum atomic E-state index is -3.44. The van der Waals surface area contributed by atoms with Gasteiger partial charge < -0.3 is 10.0 Å². The molecule has 0 rings (SSSR count). The maximum absolute atomic E-state index is 11.9. The van der Waals surface area contributed by atoms with Crippen molar-refractivity contribution in [3.63, 3.8) is 0 Å². The lowest BCUT2D eigenvalue weighted by atomic mass is 10.1. The summed E-state index contributed by atoms with van der Waals surface area (Å²) >= 11 is 0. The standard InChI is InChI=1S/C10H21NO4S/c1-8(12)6-7-11(4)9(13)10(2,3)16(5,14)15/h8,12H,6-7H2,1-5H3. The third kappa shape index (κ3) is 3.75. The Morgan fingerprint density at radius 2 is 1.88 bits per heavy atom. The van der Waals surface area contributed by atoms with E-state index in [4.69, 9.17) is 5.11 Å². The van der Waals surface area contributed by atoms with E-state index in [-0.39, 0.29) is 0 Å². The molecule has 1 atom stereocenters. The number of nitrogens with zero attached hydrogens (tertiary/aromatic N) is 1. The molecule has 0 bridgehead atoms. The number of carbonyl (C=O) groups excluding carboxylic acids is 1. The first-order valence-corrected chi connectivity index (χ1v) is 7.02. The van der Waals surface area contributed by atoms with E-state index in [0.29, 0.717) is 13.0 Å². The molecule has 0 aromatic heterocycles. The van der Waals surface area contributed by atoms with E-state index in [0.717, 1.165) is 6.26 Å². The Hall–Kier alpha value is -0.620. The number of rotatable bonds is 5. The van der Waals surface area contributed by atoms with Crippen LogP contribution in [-0.2, 0) is 14.6 Å². The van der Waals surface area contributed by atoms with E-state index in [1.807, 2.05) is 0 Å². The second-order valence-corrected chi connectivity index (χ2v) is 7.21. The van der Waals surface area contributed by atoms with Gasteiger partial charge in [-0.1, -0.05) is 0 Å². The predicted octanol–water partition coefficient (Wildman–Crippen LogP) is 0.0389. The van der Waals surface area contributed by atoms with Gasteiger partial charge in [-0.3, -0.25) is 4.79 Å². The van der Waals surface area contributed by atoms with E-state index in [1.54, 1.807) is 6.92 Å². The topological polar surface area (TPSA) is 74.7 Å². The maximum Gasteiger partial charge on any atom is 0.243 e. The van der Waals surface area contributed by atoms with Crippen molar-refractivity contribution in [1.82, 2.24) is 4.90 Å². The number of amides is 1. The molecule has 0 spiro atoms. The lowest BCUT2D eigenvalue weighted by molar-refractivity contribution is -0.132. The van der Waals surface area contributed by atoms with Crippen LogP contribution in [0.25, 0.3) is 0 Å². The van der Waals surface area contributed by atoms with Gasteiger partial charge in [0.05, 0.1) is 6.10 Å². The summed E-state index contributed by atoms with van der Waals surface area (Å²) in [4.78, 5) is 13.2. The van der Waals surface area contributed by atoms with Crippen molar-refractivity contribution in [3.8, 4) is 0 Å². The van der Waals surface area contributed by atoms with Gasteiger partial charge in [-0.15, -0.1) is 0 Å². The molecule has 0 radical (unpaired) electrons. The summed E-state index contributed by atoms with van der Waals surface area (Å²) < 4.78 is 21.5. The Labute approximate surface area is 97.4 Å². The molecule has 6 heteroatoms. The van der Waals surface area contributed by atoms with Gasteiger partial charge in [0.2, 0.25) is 5.91 Å². The first kappa shape index (κ1) is 15.4. The Kier molecular flexibility index (Phi) is 4.94. The highest BCUT2D eigenvalue weighted by molar-refractivity contribution is 7.92. The summed E-state index contributed by atoms with van der Waals surface area (Å²) in [5.41, 5.74) is 0. The van der Waals surface area contributed by atoms with E-state index < -0.39 is 26.6 Å². The molecule has 0 heterocycles. The summed E-state index contributed by atoms with van der Waals surface area (Å²) in [6.45, 7) is 4.75. The van der Waals surface area contributed by atoms with E-state index in [1.165, 1.54) is 25.8 Å². The van der Waals surface area contributed by atoms with Gasteiger partial charge in [0.15, 0.2) is 9.84 Å². The van der Waals surface area contributed by atoms with Gasteiger partial charge >= 0.3 is 0 Å². The van der Waals surface area contributed by atoms with Gasteiger partial charge in [0, 0.05) is 19.8 Å². The van der Waals surface area contributed by atoms with Crippen LogP contribution in [0.3, 0.4) is 0 Å². The maximum atomic E-state index is 11.9. The van der Waals surface area contributed by atoms with Crippen molar-refractivity contribution in [2.45, 2.75) is 38.0 Å². The summed E-state index contributed by atoms with van der Waals surface area (Å²) in [5, 5.41) is 9.09. The summed E-state index contributed by atoms with van der Waals surface area (Å²) in [6.07, 6.45) is 0.978. The first-order chi connectivity index (χ1) is 7.00. The monoisotopic (exact) mass is 251 g/mol. The molecule has 5 nitrogen and oxygen atoms in total. The fourth-order valence-electron chi connectivity index (χ4n) is 1.10. The molecule has 16 heavy (non-hydrogen) atoms.